The van der Waals surface area contributed by atoms with Crippen molar-refractivity contribution in [3.63, 3.8) is 0 Å². The van der Waals surface area contributed by atoms with Crippen molar-refractivity contribution in [3.05, 3.63) is 68.3 Å². The smallest absolute Gasteiger partial charge is 0.328 e. The predicted octanol–water partition coefficient (Wildman–Crippen LogP) is 1.51. The number of thioether (sulfide) groups is 1. The fourth-order valence-corrected chi connectivity index (χ4v) is 3.01. The first-order chi connectivity index (χ1) is 13.4. The minimum absolute atomic E-state index is 0.133. The molecule has 2 heterocycles. The molecule has 0 radical (unpaired) electrons. The first-order valence-corrected chi connectivity index (χ1v) is 9.52. The number of amides is 1. The van der Waals surface area contributed by atoms with E-state index in [9.17, 15) is 14.4 Å². The lowest BCUT2D eigenvalue weighted by Gasteiger charge is -2.09. The van der Waals surface area contributed by atoms with Crippen molar-refractivity contribution in [3.8, 4) is 0 Å². The van der Waals surface area contributed by atoms with Gasteiger partial charge in [0.15, 0.2) is 0 Å². The Labute approximate surface area is 164 Å². The number of nitrogens with one attached hydrogen (secondary N) is 2. The fourth-order valence-electron chi connectivity index (χ4n) is 2.43. The van der Waals surface area contributed by atoms with E-state index < -0.39 is 11.2 Å². The topological polar surface area (TPSA) is 123 Å². The third-order valence-electron chi connectivity index (χ3n) is 4.12. The van der Waals surface area contributed by atoms with Gasteiger partial charge in [-0.2, -0.15) is 0 Å². The van der Waals surface area contributed by atoms with Crippen molar-refractivity contribution in [1.29, 1.82) is 0 Å². The lowest BCUT2D eigenvalue weighted by Crippen LogP contribution is -2.29. The SMILES string of the molecule is Cc1cccc(NC(=O)CSc2nnc(CCn3ccc(=O)[nH]c3=O)o2)c1C. The van der Waals surface area contributed by atoms with Crippen LogP contribution in [0, 0.1) is 13.8 Å². The summed E-state index contributed by atoms with van der Waals surface area (Å²) < 4.78 is 6.83. The standard InChI is InChI=1S/C18H19N5O4S/c1-11-4-3-5-13(12(11)2)19-15(25)10-28-18-22-21-16(27-18)7-9-23-8-6-14(24)20-17(23)26/h3-6,8H,7,9-10H2,1-2H3,(H,19,25)(H,20,24,26). The Kier molecular flexibility index (Phi) is 6.09. The number of aryl methyl sites for hydroxylation is 3. The summed E-state index contributed by atoms with van der Waals surface area (Å²) in [6.07, 6.45) is 1.74. The zero-order valence-electron chi connectivity index (χ0n) is 15.4. The Balaban J connectivity index is 1.51. The van der Waals surface area contributed by atoms with Gasteiger partial charge < -0.3 is 14.3 Å². The van der Waals surface area contributed by atoms with Gasteiger partial charge in [0, 0.05) is 30.9 Å². The molecule has 0 saturated heterocycles. The Morgan fingerprint density at radius 2 is 2.07 bits per heavy atom. The Hall–Kier alpha value is -3.14. The van der Waals surface area contributed by atoms with Crippen LogP contribution in [0.3, 0.4) is 0 Å². The van der Waals surface area contributed by atoms with Crippen molar-refractivity contribution in [2.24, 2.45) is 0 Å². The molecule has 9 nitrogen and oxygen atoms in total. The molecule has 0 aliphatic carbocycles. The van der Waals surface area contributed by atoms with Crippen LogP contribution in [0.15, 0.2) is 49.7 Å². The van der Waals surface area contributed by atoms with E-state index in [1.807, 2.05) is 32.0 Å². The first-order valence-electron chi connectivity index (χ1n) is 8.53. The number of H-pyrrole nitrogens is 1. The van der Waals surface area contributed by atoms with E-state index in [1.54, 1.807) is 0 Å². The number of nitrogens with zero attached hydrogens (tertiary/aromatic N) is 3. The number of benzene rings is 1. The molecule has 2 aromatic heterocycles. The highest BCUT2D eigenvalue weighted by Gasteiger charge is 2.11. The summed E-state index contributed by atoms with van der Waals surface area (Å²) >= 11 is 1.14. The number of anilines is 1. The third-order valence-corrected chi connectivity index (χ3v) is 4.94. The molecule has 0 fully saturated rings. The molecule has 28 heavy (non-hydrogen) atoms. The molecule has 0 aliphatic heterocycles. The predicted molar refractivity (Wildman–Crippen MR) is 105 cm³/mol. The molecule has 0 unspecified atom stereocenters. The van der Waals surface area contributed by atoms with Crippen molar-refractivity contribution >= 4 is 23.4 Å². The fraction of sp³-hybridized carbons (Fsp3) is 0.278. The zero-order valence-corrected chi connectivity index (χ0v) is 16.2. The van der Waals surface area contributed by atoms with Crippen LogP contribution in [0.4, 0.5) is 5.69 Å². The molecular weight excluding hydrogens is 382 g/mol. The second kappa shape index (κ2) is 8.70. The largest absolute Gasteiger partial charge is 0.416 e. The molecular formula is C18H19N5O4S. The Morgan fingerprint density at radius 3 is 2.86 bits per heavy atom. The summed E-state index contributed by atoms with van der Waals surface area (Å²) in [6, 6.07) is 7.00. The summed E-state index contributed by atoms with van der Waals surface area (Å²) in [4.78, 5) is 37.0. The highest BCUT2D eigenvalue weighted by molar-refractivity contribution is 7.99. The molecule has 0 aliphatic rings. The number of carbonyl (C=O) groups is 1. The number of rotatable bonds is 7. The monoisotopic (exact) mass is 401 g/mol. The molecule has 2 N–H and O–H groups in total. The molecule has 0 spiro atoms. The van der Waals surface area contributed by atoms with Gasteiger partial charge in [0.2, 0.25) is 11.8 Å². The minimum Gasteiger partial charge on any atom is -0.416 e. The van der Waals surface area contributed by atoms with Crippen LogP contribution in [0.1, 0.15) is 17.0 Å². The van der Waals surface area contributed by atoms with E-state index >= 15 is 0 Å². The molecule has 3 aromatic rings. The summed E-state index contributed by atoms with van der Waals surface area (Å²) in [5.41, 5.74) is 1.97. The van der Waals surface area contributed by atoms with Gasteiger partial charge in [-0.15, -0.1) is 10.2 Å². The molecule has 1 amide bonds. The number of aromatic amines is 1. The Bertz CT molecular complexity index is 1100. The highest BCUT2D eigenvalue weighted by atomic mass is 32.2. The van der Waals surface area contributed by atoms with Crippen LogP contribution in [0.25, 0.3) is 0 Å². The van der Waals surface area contributed by atoms with Gasteiger partial charge in [0.05, 0.1) is 5.75 Å². The third kappa shape index (κ3) is 4.97. The molecule has 10 heteroatoms. The number of carbonyl (C=O) groups excluding carboxylic acids is 1. The summed E-state index contributed by atoms with van der Waals surface area (Å²) in [7, 11) is 0. The van der Waals surface area contributed by atoms with Gasteiger partial charge in [0.1, 0.15) is 0 Å². The van der Waals surface area contributed by atoms with Gasteiger partial charge in [-0.3, -0.25) is 14.6 Å². The van der Waals surface area contributed by atoms with Crippen molar-refractivity contribution in [1.82, 2.24) is 19.7 Å². The maximum atomic E-state index is 12.1. The van der Waals surface area contributed by atoms with Crippen molar-refractivity contribution in [2.75, 3.05) is 11.1 Å². The Morgan fingerprint density at radius 1 is 1.25 bits per heavy atom. The van der Waals surface area contributed by atoms with Crippen LogP contribution < -0.4 is 16.6 Å². The van der Waals surface area contributed by atoms with Crippen LogP contribution in [-0.4, -0.2) is 31.4 Å². The van der Waals surface area contributed by atoms with E-state index in [1.165, 1.54) is 16.8 Å². The summed E-state index contributed by atoms with van der Waals surface area (Å²) in [5.74, 6) is 0.308. The van der Waals surface area contributed by atoms with Gasteiger partial charge in [-0.05, 0) is 31.0 Å². The van der Waals surface area contributed by atoms with E-state index in [4.69, 9.17) is 4.42 Å². The van der Waals surface area contributed by atoms with E-state index in [0.717, 1.165) is 28.6 Å². The molecule has 3 rings (SSSR count). The molecule has 0 bridgehead atoms. The lowest BCUT2D eigenvalue weighted by atomic mass is 10.1. The van der Waals surface area contributed by atoms with Crippen LogP contribution in [0.2, 0.25) is 0 Å². The maximum Gasteiger partial charge on any atom is 0.328 e. The van der Waals surface area contributed by atoms with Crippen LogP contribution >= 0.6 is 11.8 Å². The van der Waals surface area contributed by atoms with Gasteiger partial charge in [-0.1, -0.05) is 23.9 Å². The zero-order chi connectivity index (χ0) is 20.1. The first kappa shape index (κ1) is 19.6. The second-order valence-electron chi connectivity index (χ2n) is 6.10. The van der Waals surface area contributed by atoms with Gasteiger partial charge in [-0.25, -0.2) is 4.79 Å². The van der Waals surface area contributed by atoms with Crippen molar-refractivity contribution in [2.45, 2.75) is 32.0 Å². The minimum atomic E-state index is -0.496. The van der Waals surface area contributed by atoms with E-state index in [2.05, 4.69) is 20.5 Å². The van der Waals surface area contributed by atoms with Gasteiger partial charge >= 0.3 is 5.69 Å². The highest BCUT2D eigenvalue weighted by Crippen LogP contribution is 2.20. The molecule has 0 saturated carbocycles. The quantitative estimate of drug-likeness (QED) is 0.575. The molecule has 0 atom stereocenters. The number of hydrogen-bond donors (Lipinski definition) is 2. The summed E-state index contributed by atoms with van der Waals surface area (Å²) in [5, 5.41) is 11.0. The van der Waals surface area contributed by atoms with Crippen molar-refractivity contribution < 1.29 is 9.21 Å². The van der Waals surface area contributed by atoms with Gasteiger partial charge in [0.25, 0.3) is 10.8 Å². The molecule has 1 aromatic carbocycles. The van der Waals surface area contributed by atoms with Crippen LogP contribution in [0.5, 0.6) is 0 Å². The van der Waals surface area contributed by atoms with Crippen LogP contribution in [-0.2, 0) is 17.8 Å². The van der Waals surface area contributed by atoms with E-state index in [-0.39, 0.29) is 23.4 Å². The number of hydrogen-bond acceptors (Lipinski definition) is 7. The summed E-state index contributed by atoms with van der Waals surface area (Å²) in [6.45, 7) is 4.23. The normalized spacial score (nSPS) is 10.8. The second-order valence-corrected chi connectivity index (χ2v) is 7.03. The molecule has 146 valence electrons. The lowest BCUT2D eigenvalue weighted by molar-refractivity contribution is -0.113. The number of aromatic nitrogens is 4. The van der Waals surface area contributed by atoms with E-state index in [0.29, 0.717) is 12.3 Å². The average molecular weight is 401 g/mol. The average Bonchev–Trinajstić information content (AvgIpc) is 3.11. The maximum absolute atomic E-state index is 12.1.